The van der Waals surface area contributed by atoms with Gasteiger partial charge in [0.2, 0.25) is 5.60 Å². The maximum absolute atomic E-state index is 14.3. The Labute approximate surface area is 167 Å². The zero-order valence-corrected chi connectivity index (χ0v) is 15.7. The number of hydrogen-bond acceptors (Lipinski definition) is 3. The molecular formula is C24H17FN2O2. The molecule has 0 saturated heterocycles. The van der Waals surface area contributed by atoms with Crippen molar-refractivity contribution in [2.75, 3.05) is 16.8 Å². The summed E-state index contributed by atoms with van der Waals surface area (Å²) in [6.45, 7) is 0. The normalized spacial score (nSPS) is 23.7. The zero-order chi connectivity index (χ0) is 19.8. The molecule has 4 nitrogen and oxygen atoms in total. The summed E-state index contributed by atoms with van der Waals surface area (Å²) in [5, 5.41) is 0. The predicted octanol–water partition coefficient (Wildman–Crippen LogP) is 4.57. The fourth-order valence-corrected chi connectivity index (χ4v) is 4.75. The molecule has 0 aromatic heterocycles. The van der Waals surface area contributed by atoms with Gasteiger partial charge in [-0.1, -0.05) is 42.5 Å². The van der Waals surface area contributed by atoms with Crippen LogP contribution in [-0.4, -0.2) is 13.0 Å². The lowest BCUT2D eigenvalue weighted by molar-refractivity contribution is -0.147. The van der Waals surface area contributed by atoms with Crippen LogP contribution >= 0.6 is 0 Å². The van der Waals surface area contributed by atoms with Crippen LogP contribution in [0.4, 0.5) is 15.8 Å². The topological polar surface area (TPSA) is 32.8 Å². The van der Waals surface area contributed by atoms with Gasteiger partial charge in [-0.05, 0) is 35.9 Å². The summed E-state index contributed by atoms with van der Waals surface area (Å²) in [5.74, 6) is -0.601. The molecule has 0 saturated carbocycles. The Balaban J connectivity index is 1.68. The number of carbonyl (C=O) groups is 1. The molecule has 1 spiro atoms. The number of likely N-dealkylation sites (N-methyl/N-ethyl adjacent to an activating group) is 1. The van der Waals surface area contributed by atoms with Crippen molar-refractivity contribution in [2.45, 2.75) is 11.8 Å². The number of anilines is 2. The van der Waals surface area contributed by atoms with E-state index in [2.05, 4.69) is 0 Å². The van der Waals surface area contributed by atoms with Crippen LogP contribution in [0.5, 0.6) is 0 Å². The number of nitrogens with zero attached hydrogens (tertiary/aromatic N) is 2. The van der Waals surface area contributed by atoms with E-state index < -0.39 is 17.6 Å². The van der Waals surface area contributed by atoms with Crippen LogP contribution < -0.4 is 9.80 Å². The molecule has 0 fully saturated rings. The van der Waals surface area contributed by atoms with E-state index in [1.807, 2.05) is 65.7 Å². The summed E-state index contributed by atoms with van der Waals surface area (Å²) < 4.78 is 21.0. The SMILES string of the molecule is CN1C(=O)[C@@]2(O[C@H]3c4ccccc4C=CN3c3ccccc32)c2cc(F)ccc21. The Morgan fingerprint density at radius 2 is 1.76 bits per heavy atom. The van der Waals surface area contributed by atoms with Crippen molar-refractivity contribution < 1.29 is 13.9 Å². The molecule has 0 N–H and O–H groups in total. The lowest BCUT2D eigenvalue weighted by Gasteiger charge is -2.46. The summed E-state index contributed by atoms with van der Waals surface area (Å²) in [6, 6.07) is 20.1. The van der Waals surface area contributed by atoms with Gasteiger partial charge < -0.3 is 14.5 Å². The molecule has 3 aromatic carbocycles. The smallest absolute Gasteiger partial charge is 0.268 e. The number of ether oxygens (including phenoxy) is 1. The van der Waals surface area contributed by atoms with Gasteiger partial charge in [0.25, 0.3) is 5.91 Å². The Hall–Kier alpha value is -3.44. The third-order valence-corrected chi connectivity index (χ3v) is 6.08. The molecule has 3 aliphatic rings. The first-order valence-corrected chi connectivity index (χ1v) is 9.52. The van der Waals surface area contributed by atoms with Gasteiger partial charge in [0.15, 0.2) is 6.23 Å². The molecule has 29 heavy (non-hydrogen) atoms. The second-order valence-corrected chi connectivity index (χ2v) is 7.55. The standard InChI is InChI=1S/C24H17FN2O2/c1-26-20-11-10-16(25)14-19(20)24(23(26)28)18-8-4-5-9-21(18)27-13-12-15-6-2-3-7-17(15)22(27)29-24/h2-14,22H,1H3/t22-,24-/m0/s1. The number of benzene rings is 3. The van der Waals surface area contributed by atoms with Crippen LogP contribution in [0, 0.1) is 5.82 Å². The average molecular weight is 384 g/mol. The van der Waals surface area contributed by atoms with Gasteiger partial charge in [-0.25, -0.2) is 4.39 Å². The van der Waals surface area contributed by atoms with Gasteiger partial charge in [0.05, 0.1) is 11.4 Å². The fraction of sp³-hybridized carbons (Fsp3) is 0.125. The lowest BCUT2D eigenvalue weighted by atomic mass is 9.83. The largest absolute Gasteiger partial charge is 0.328 e. The van der Waals surface area contributed by atoms with E-state index in [0.29, 0.717) is 11.3 Å². The van der Waals surface area contributed by atoms with Crippen LogP contribution in [0.1, 0.15) is 28.5 Å². The van der Waals surface area contributed by atoms with Crippen molar-refractivity contribution in [2.24, 2.45) is 0 Å². The number of fused-ring (bicyclic) bond motifs is 8. The Morgan fingerprint density at radius 3 is 2.66 bits per heavy atom. The van der Waals surface area contributed by atoms with E-state index in [0.717, 1.165) is 22.4 Å². The Morgan fingerprint density at radius 1 is 0.966 bits per heavy atom. The van der Waals surface area contributed by atoms with E-state index in [1.54, 1.807) is 18.0 Å². The molecule has 3 heterocycles. The minimum Gasteiger partial charge on any atom is -0.328 e. The zero-order valence-electron chi connectivity index (χ0n) is 15.7. The molecule has 3 aliphatic heterocycles. The van der Waals surface area contributed by atoms with Gasteiger partial charge in [0.1, 0.15) is 5.82 Å². The first-order chi connectivity index (χ1) is 14.1. The fourth-order valence-electron chi connectivity index (χ4n) is 4.75. The van der Waals surface area contributed by atoms with E-state index in [-0.39, 0.29) is 5.91 Å². The lowest BCUT2D eigenvalue weighted by Crippen LogP contribution is -2.49. The van der Waals surface area contributed by atoms with Gasteiger partial charge in [-0.15, -0.1) is 0 Å². The number of rotatable bonds is 0. The second-order valence-electron chi connectivity index (χ2n) is 7.55. The van der Waals surface area contributed by atoms with Crippen molar-refractivity contribution in [3.05, 3.63) is 101 Å². The molecular weight excluding hydrogens is 367 g/mol. The molecule has 142 valence electrons. The van der Waals surface area contributed by atoms with Crippen LogP contribution in [0.15, 0.2) is 72.9 Å². The Bertz CT molecular complexity index is 1220. The molecule has 2 atom stereocenters. The van der Waals surface area contributed by atoms with E-state index in [4.69, 9.17) is 4.74 Å². The quantitative estimate of drug-likeness (QED) is 0.569. The van der Waals surface area contributed by atoms with Crippen molar-refractivity contribution in [3.63, 3.8) is 0 Å². The molecule has 0 bridgehead atoms. The number of amides is 1. The molecule has 0 aliphatic carbocycles. The maximum atomic E-state index is 14.3. The Kier molecular flexibility index (Phi) is 3.16. The summed E-state index contributed by atoms with van der Waals surface area (Å²) in [6.07, 6.45) is 3.53. The van der Waals surface area contributed by atoms with Gasteiger partial charge in [-0.3, -0.25) is 4.79 Å². The summed E-state index contributed by atoms with van der Waals surface area (Å²) in [7, 11) is 1.71. The van der Waals surface area contributed by atoms with Gasteiger partial charge >= 0.3 is 0 Å². The van der Waals surface area contributed by atoms with E-state index in [9.17, 15) is 9.18 Å². The van der Waals surface area contributed by atoms with Crippen LogP contribution in [0.25, 0.3) is 6.08 Å². The molecule has 5 heteroatoms. The van der Waals surface area contributed by atoms with Crippen molar-refractivity contribution in [3.8, 4) is 0 Å². The molecule has 3 aromatic rings. The van der Waals surface area contributed by atoms with Gasteiger partial charge in [0, 0.05) is 29.9 Å². The predicted molar refractivity (Wildman–Crippen MR) is 109 cm³/mol. The second kappa shape index (κ2) is 5.55. The van der Waals surface area contributed by atoms with Crippen LogP contribution in [0.2, 0.25) is 0 Å². The minimum absolute atomic E-state index is 0.211. The number of hydrogen-bond donors (Lipinski definition) is 0. The van der Waals surface area contributed by atoms with Crippen molar-refractivity contribution in [1.82, 2.24) is 0 Å². The molecule has 6 rings (SSSR count). The van der Waals surface area contributed by atoms with E-state index in [1.165, 1.54) is 12.1 Å². The first-order valence-electron chi connectivity index (χ1n) is 9.52. The summed E-state index contributed by atoms with van der Waals surface area (Å²) in [5.41, 5.74) is 3.45. The van der Waals surface area contributed by atoms with Crippen molar-refractivity contribution in [1.29, 1.82) is 0 Å². The molecule has 1 amide bonds. The minimum atomic E-state index is -1.39. The number of carbonyl (C=O) groups excluding carboxylic acids is 1. The molecule has 0 radical (unpaired) electrons. The highest BCUT2D eigenvalue weighted by atomic mass is 19.1. The van der Waals surface area contributed by atoms with Crippen LogP contribution in [-0.2, 0) is 15.1 Å². The summed E-state index contributed by atoms with van der Waals surface area (Å²) >= 11 is 0. The van der Waals surface area contributed by atoms with E-state index >= 15 is 0 Å². The van der Waals surface area contributed by atoms with Crippen molar-refractivity contribution >= 4 is 23.4 Å². The third kappa shape index (κ3) is 1.97. The monoisotopic (exact) mass is 384 g/mol. The highest BCUT2D eigenvalue weighted by Crippen LogP contribution is 2.56. The third-order valence-electron chi connectivity index (χ3n) is 6.08. The average Bonchev–Trinajstić information content (AvgIpc) is 2.96. The van der Waals surface area contributed by atoms with Crippen LogP contribution in [0.3, 0.4) is 0 Å². The highest BCUT2D eigenvalue weighted by Gasteiger charge is 2.58. The number of para-hydroxylation sites is 1. The summed E-state index contributed by atoms with van der Waals surface area (Å²) in [4.78, 5) is 17.2. The number of halogens is 1. The maximum Gasteiger partial charge on any atom is 0.268 e. The van der Waals surface area contributed by atoms with Gasteiger partial charge in [-0.2, -0.15) is 0 Å². The first kappa shape index (κ1) is 16.5. The highest BCUT2D eigenvalue weighted by molar-refractivity contribution is 6.10. The molecule has 0 unspecified atom stereocenters.